The van der Waals surface area contributed by atoms with Gasteiger partial charge in [0, 0.05) is 0 Å². The molecule has 0 aromatic heterocycles. The average molecular weight is 697 g/mol. The van der Waals surface area contributed by atoms with E-state index in [9.17, 15) is 0 Å². The van der Waals surface area contributed by atoms with Crippen molar-refractivity contribution in [1.82, 2.24) is 0 Å². The predicted molar refractivity (Wildman–Crippen MR) is 231 cm³/mol. The van der Waals surface area contributed by atoms with Gasteiger partial charge in [0.1, 0.15) is 0 Å². The van der Waals surface area contributed by atoms with Crippen molar-refractivity contribution in [3.8, 4) is 23.7 Å². The fraction of sp³-hybridized carbons (Fsp3) is 0.920. The van der Waals surface area contributed by atoms with Crippen LogP contribution < -0.4 is 0 Å². The third kappa shape index (κ3) is 30.7. The molecule has 0 bridgehead atoms. The second kappa shape index (κ2) is 31.6. The van der Waals surface area contributed by atoms with Crippen molar-refractivity contribution in [2.24, 2.45) is 71.0 Å². The van der Waals surface area contributed by atoms with Crippen LogP contribution in [0.1, 0.15) is 226 Å². The molecule has 296 valence electrons. The fourth-order valence-electron chi connectivity index (χ4n) is 9.07. The monoisotopic (exact) mass is 697 g/mol. The molecule has 0 spiro atoms. The summed E-state index contributed by atoms with van der Waals surface area (Å²) in [5.41, 5.74) is 0. The maximum absolute atomic E-state index is 2.64. The van der Waals surface area contributed by atoms with Gasteiger partial charge in [-0.05, 0) is 135 Å². The van der Waals surface area contributed by atoms with E-state index in [0.717, 1.165) is 71.0 Å². The minimum absolute atomic E-state index is 0. The summed E-state index contributed by atoms with van der Waals surface area (Å²) in [5.74, 6) is 22.8. The lowest BCUT2D eigenvalue weighted by Crippen LogP contribution is -2.16. The molecule has 6 rings (SSSR count). The minimum Gasteiger partial charge on any atom is -0.0925 e. The number of hydrogen-bond acceptors (Lipinski definition) is 0. The highest BCUT2D eigenvalue weighted by atomic mass is 14.3. The van der Waals surface area contributed by atoms with Gasteiger partial charge in [0.05, 0.1) is 0 Å². The number of hydrogen-bond donors (Lipinski definition) is 0. The Morgan fingerprint density at radius 1 is 0.260 bits per heavy atom. The van der Waals surface area contributed by atoms with Gasteiger partial charge in [-0.1, -0.05) is 186 Å². The van der Waals surface area contributed by atoms with E-state index in [-0.39, 0.29) is 7.43 Å². The average Bonchev–Trinajstić information content (AvgIpc) is 3.74. The second-order valence-corrected chi connectivity index (χ2v) is 19.2. The van der Waals surface area contributed by atoms with Crippen molar-refractivity contribution in [1.29, 1.82) is 0 Å². The molecule has 0 nitrogen and oxygen atoms in total. The molecule has 0 aromatic carbocycles. The SMILES string of the molecule is C.CC#CC#CC.CC1CC(C)C1.CC1CCC(C)C1.CC1CCC(C)C1.CC1CCC(C)C1.CC1CCC(C)CC1.CC1CCCC(C)C1. The Hall–Kier alpha value is -0.880. The molecule has 6 fully saturated rings. The molecule has 0 saturated heterocycles. The minimum atomic E-state index is 0. The topological polar surface area (TPSA) is 0 Å². The van der Waals surface area contributed by atoms with Gasteiger partial charge in [-0.2, -0.15) is 0 Å². The van der Waals surface area contributed by atoms with Crippen LogP contribution in [0, 0.1) is 94.7 Å². The highest BCUT2D eigenvalue weighted by molar-refractivity contribution is 5.23. The Bertz CT molecular complexity index is 752. The van der Waals surface area contributed by atoms with E-state index in [1.807, 2.05) is 0 Å². The molecule has 0 heteroatoms. The molecule has 0 aromatic rings. The largest absolute Gasteiger partial charge is 0.0925 e. The Balaban J connectivity index is 0. The summed E-state index contributed by atoms with van der Waals surface area (Å²) in [4.78, 5) is 0. The molecule has 0 heterocycles. The Morgan fingerprint density at radius 3 is 0.560 bits per heavy atom. The Labute approximate surface area is 320 Å². The van der Waals surface area contributed by atoms with Crippen molar-refractivity contribution in [3.05, 3.63) is 0 Å². The quantitative estimate of drug-likeness (QED) is 0.221. The molecule has 0 radical (unpaired) electrons. The van der Waals surface area contributed by atoms with Crippen LogP contribution in [0.25, 0.3) is 0 Å². The lowest BCUT2D eigenvalue weighted by Gasteiger charge is -2.28. The van der Waals surface area contributed by atoms with Gasteiger partial charge in [-0.15, -0.1) is 0 Å². The van der Waals surface area contributed by atoms with Crippen molar-refractivity contribution < 1.29 is 0 Å². The van der Waals surface area contributed by atoms with E-state index in [1.54, 1.807) is 13.8 Å². The van der Waals surface area contributed by atoms with Crippen LogP contribution in [-0.4, -0.2) is 0 Å². The maximum Gasteiger partial charge on any atom is -0.00168 e. The third-order valence-corrected chi connectivity index (χ3v) is 12.3. The van der Waals surface area contributed by atoms with Gasteiger partial charge in [0.25, 0.3) is 0 Å². The summed E-state index contributed by atoms with van der Waals surface area (Å²) >= 11 is 0. The molecule has 6 aliphatic rings. The standard InChI is InChI=1S/2C8H16.3C7H14.C6H12.C6H6.CH4/c1-7-3-5-8(2)6-4-7;1-7-4-3-5-8(2)6-7;3*1-6-3-4-7(2)5-6;1-5-3-6(2)4-5;1-3-5-6-4-2;/h2*7-8H,3-6H2,1-2H3;3*6-7H,3-5H2,1-2H3;5-6H,3-4H2,1-2H3;1-2H3;1H4. The van der Waals surface area contributed by atoms with E-state index in [4.69, 9.17) is 0 Å². The van der Waals surface area contributed by atoms with E-state index in [1.165, 1.54) is 122 Å². The van der Waals surface area contributed by atoms with E-state index in [0.29, 0.717) is 0 Å². The van der Waals surface area contributed by atoms with Gasteiger partial charge in [-0.3, -0.25) is 0 Å². The van der Waals surface area contributed by atoms with Gasteiger partial charge in [-0.25, -0.2) is 0 Å². The summed E-state index contributed by atoms with van der Waals surface area (Å²) in [5, 5.41) is 0. The number of rotatable bonds is 0. The Kier molecular flexibility index (Phi) is 32.4. The van der Waals surface area contributed by atoms with E-state index in [2.05, 4.69) is 107 Å². The van der Waals surface area contributed by atoms with Crippen molar-refractivity contribution >= 4 is 0 Å². The molecule has 6 saturated carbocycles. The lowest BCUT2D eigenvalue weighted by atomic mass is 9.78. The first-order valence-corrected chi connectivity index (χ1v) is 22.0. The van der Waals surface area contributed by atoms with Gasteiger partial charge in [0.15, 0.2) is 0 Å². The van der Waals surface area contributed by atoms with Crippen LogP contribution in [0.3, 0.4) is 0 Å². The molecule has 8 atom stereocenters. The maximum atomic E-state index is 2.64. The van der Waals surface area contributed by atoms with Gasteiger partial charge >= 0.3 is 0 Å². The summed E-state index contributed by atoms with van der Waals surface area (Å²) in [6.07, 6.45) is 28.0. The van der Waals surface area contributed by atoms with Crippen LogP contribution in [0.4, 0.5) is 0 Å². The van der Waals surface area contributed by atoms with E-state index < -0.39 is 0 Å². The van der Waals surface area contributed by atoms with Crippen molar-refractivity contribution in [3.63, 3.8) is 0 Å². The zero-order chi connectivity index (χ0) is 37.2. The van der Waals surface area contributed by atoms with Gasteiger partial charge in [0.2, 0.25) is 0 Å². The molecule has 0 aliphatic heterocycles. The van der Waals surface area contributed by atoms with Gasteiger partial charge < -0.3 is 0 Å². The van der Waals surface area contributed by atoms with Crippen molar-refractivity contribution in [2.45, 2.75) is 226 Å². The predicted octanol–water partition coefficient (Wildman–Crippen LogP) is 16.7. The molecular weight excluding hydrogens is 601 g/mol. The summed E-state index contributed by atoms with van der Waals surface area (Å²) in [6.45, 7) is 31.8. The van der Waals surface area contributed by atoms with E-state index >= 15 is 0 Å². The first kappa shape index (κ1) is 51.2. The van der Waals surface area contributed by atoms with Crippen molar-refractivity contribution in [2.75, 3.05) is 0 Å². The zero-order valence-electron chi connectivity index (χ0n) is 36.4. The normalized spacial score (nSPS) is 36.2. The smallest absolute Gasteiger partial charge is 0.00168 e. The third-order valence-electron chi connectivity index (χ3n) is 12.3. The molecular formula is C50H96. The first-order valence-electron chi connectivity index (χ1n) is 22.0. The second-order valence-electron chi connectivity index (χ2n) is 19.2. The highest BCUT2D eigenvalue weighted by Crippen LogP contribution is 2.32. The fourth-order valence-corrected chi connectivity index (χ4v) is 9.07. The summed E-state index contributed by atoms with van der Waals surface area (Å²) < 4.78 is 0. The molecule has 0 amide bonds. The molecule has 6 aliphatic carbocycles. The van der Waals surface area contributed by atoms with Crippen LogP contribution in [0.15, 0.2) is 0 Å². The first-order chi connectivity index (χ1) is 23.1. The molecule has 50 heavy (non-hydrogen) atoms. The summed E-state index contributed by atoms with van der Waals surface area (Å²) in [6, 6.07) is 0. The van der Waals surface area contributed by atoms with Crippen LogP contribution in [0.5, 0.6) is 0 Å². The Morgan fingerprint density at radius 2 is 0.440 bits per heavy atom. The van der Waals surface area contributed by atoms with Crippen LogP contribution in [0.2, 0.25) is 0 Å². The van der Waals surface area contributed by atoms with Crippen LogP contribution >= 0.6 is 0 Å². The summed E-state index contributed by atoms with van der Waals surface area (Å²) in [7, 11) is 0. The van der Waals surface area contributed by atoms with Crippen LogP contribution in [-0.2, 0) is 0 Å². The molecule has 0 N–H and O–H groups in total. The molecule has 8 unspecified atom stereocenters. The zero-order valence-corrected chi connectivity index (χ0v) is 36.4. The highest BCUT2D eigenvalue weighted by Gasteiger charge is 2.20. The lowest BCUT2D eigenvalue weighted by molar-refractivity contribution is 0.233.